The molecule has 0 aromatic carbocycles. The van der Waals surface area contributed by atoms with Crippen molar-refractivity contribution < 1.29 is 19.4 Å². The molecule has 0 spiro atoms. The molecule has 0 bridgehead atoms. The minimum Gasteiger partial charge on any atom is -0.495 e. The second-order valence-electron chi connectivity index (χ2n) is 2.64. The van der Waals surface area contributed by atoms with Crippen LogP contribution >= 0.6 is 0 Å². The number of aliphatic hydroxyl groups excluding tert-OH is 1. The van der Waals surface area contributed by atoms with Crippen molar-refractivity contribution in [1.29, 1.82) is 0 Å². The number of carbonyl (C=O) groups excluding carboxylic acids is 1. The van der Waals surface area contributed by atoms with Crippen LogP contribution in [0.2, 0.25) is 0 Å². The Morgan fingerprint density at radius 2 is 2.07 bits per heavy atom. The molecule has 0 saturated carbocycles. The minimum atomic E-state index is -0.430. The van der Waals surface area contributed by atoms with Gasteiger partial charge in [-0.25, -0.2) is 4.79 Å². The zero-order chi connectivity index (χ0) is 11.0. The molecule has 0 heterocycles. The fourth-order valence-electron chi connectivity index (χ4n) is 0.694. The maximum absolute atomic E-state index is 11.2. The van der Waals surface area contributed by atoms with Crippen LogP contribution in [0.5, 0.6) is 0 Å². The number of esters is 1. The molecule has 0 aliphatic heterocycles. The van der Waals surface area contributed by atoms with Gasteiger partial charge < -0.3 is 14.6 Å². The lowest BCUT2D eigenvalue weighted by Crippen LogP contribution is -2.09. The first-order valence-electron chi connectivity index (χ1n) is 4.32. The first-order valence-corrected chi connectivity index (χ1v) is 4.32. The summed E-state index contributed by atoms with van der Waals surface area (Å²) < 4.78 is 9.85. The van der Waals surface area contributed by atoms with Crippen molar-refractivity contribution >= 4 is 5.97 Å². The highest BCUT2D eigenvalue weighted by Crippen LogP contribution is 2.06. The highest BCUT2D eigenvalue weighted by atomic mass is 16.5. The molecule has 0 rings (SSSR count). The third-order valence-electron chi connectivity index (χ3n) is 1.58. The van der Waals surface area contributed by atoms with Crippen molar-refractivity contribution in [2.45, 2.75) is 13.8 Å². The summed E-state index contributed by atoms with van der Waals surface area (Å²) in [7, 11) is 0. The van der Waals surface area contributed by atoms with Crippen molar-refractivity contribution in [3.05, 3.63) is 24.0 Å². The lowest BCUT2D eigenvalue weighted by atomic mass is 10.3. The van der Waals surface area contributed by atoms with E-state index in [1.807, 2.05) is 0 Å². The molecule has 1 N–H and O–H groups in total. The quantitative estimate of drug-likeness (QED) is 0.301. The molecule has 4 nitrogen and oxygen atoms in total. The predicted octanol–water partition coefficient (Wildman–Crippen LogP) is 1.02. The van der Waals surface area contributed by atoms with Gasteiger partial charge in [0, 0.05) is 0 Å². The third-order valence-corrected chi connectivity index (χ3v) is 1.58. The molecule has 0 aromatic heterocycles. The Balaban J connectivity index is 4.17. The van der Waals surface area contributed by atoms with Gasteiger partial charge in [0.15, 0.2) is 0 Å². The summed E-state index contributed by atoms with van der Waals surface area (Å²) in [6.07, 6.45) is 1.50. The highest BCUT2D eigenvalue weighted by Gasteiger charge is 2.09. The maximum atomic E-state index is 11.2. The van der Waals surface area contributed by atoms with E-state index in [0.29, 0.717) is 11.3 Å². The van der Waals surface area contributed by atoms with E-state index < -0.39 is 5.97 Å². The molecular formula is C10H16O4. The third kappa shape index (κ3) is 4.67. The second-order valence-corrected chi connectivity index (χ2v) is 2.64. The van der Waals surface area contributed by atoms with Crippen LogP contribution in [0.4, 0.5) is 0 Å². The van der Waals surface area contributed by atoms with Gasteiger partial charge in [0.1, 0.15) is 19.0 Å². The second kappa shape index (κ2) is 7.15. The van der Waals surface area contributed by atoms with Crippen LogP contribution in [0.1, 0.15) is 13.8 Å². The van der Waals surface area contributed by atoms with Gasteiger partial charge in [0.05, 0.1) is 12.2 Å². The molecule has 4 heteroatoms. The van der Waals surface area contributed by atoms with Gasteiger partial charge >= 0.3 is 5.97 Å². The van der Waals surface area contributed by atoms with Crippen LogP contribution in [0.3, 0.4) is 0 Å². The molecule has 0 saturated heterocycles. The van der Waals surface area contributed by atoms with Gasteiger partial charge in [-0.1, -0.05) is 12.7 Å². The number of hydrogen-bond acceptors (Lipinski definition) is 4. The van der Waals surface area contributed by atoms with Crippen LogP contribution in [0, 0.1) is 0 Å². The molecule has 0 aliphatic carbocycles. The van der Waals surface area contributed by atoms with Crippen molar-refractivity contribution in [1.82, 2.24) is 0 Å². The van der Waals surface area contributed by atoms with E-state index in [0.717, 1.165) is 0 Å². The van der Waals surface area contributed by atoms with Crippen molar-refractivity contribution in [3.8, 4) is 0 Å². The van der Waals surface area contributed by atoms with Crippen molar-refractivity contribution in [3.63, 3.8) is 0 Å². The fraction of sp³-hybridized carbons (Fsp3) is 0.500. The fourth-order valence-corrected chi connectivity index (χ4v) is 0.694. The standard InChI is InChI=1S/C10H16O4/c1-4-6-14-10(12)8(2)9(3)13-7-5-11/h4,11H,1,5-7H2,2-3H3. The monoisotopic (exact) mass is 200 g/mol. The van der Waals surface area contributed by atoms with Crippen molar-refractivity contribution in [2.24, 2.45) is 0 Å². The van der Waals surface area contributed by atoms with E-state index in [-0.39, 0.29) is 19.8 Å². The van der Waals surface area contributed by atoms with Gasteiger partial charge in [-0.15, -0.1) is 0 Å². The molecule has 0 atom stereocenters. The van der Waals surface area contributed by atoms with Gasteiger partial charge in [0.2, 0.25) is 0 Å². The largest absolute Gasteiger partial charge is 0.495 e. The normalized spacial score (nSPS) is 11.6. The summed E-state index contributed by atoms with van der Waals surface area (Å²) in [5.74, 6) is 0.0356. The zero-order valence-corrected chi connectivity index (χ0v) is 8.58. The summed E-state index contributed by atoms with van der Waals surface area (Å²) >= 11 is 0. The number of aliphatic hydroxyl groups is 1. The van der Waals surface area contributed by atoms with Crippen LogP contribution in [-0.2, 0) is 14.3 Å². The van der Waals surface area contributed by atoms with Gasteiger partial charge in [-0.2, -0.15) is 0 Å². The van der Waals surface area contributed by atoms with Crippen LogP contribution < -0.4 is 0 Å². The van der Waals surface area contributed by atoms with Crippen LogP contribution in [-0.4, -0.2) is 30.9 Å². The smallest absolute Gasteiger partial charge is 0.337 e. The van der Waals surface area contributed by atoms with Crippen LogP contribution in [0.25, 0.3) is 0 Å². The molecule has 0 unspecified atom stereocenters. The Bertz CT molecular complexity index is 230. The Labute approximate surface area is 83.8 Å². The minimum absolute atomic E-state index is 0.0771. The molecule has 0 aromatic rings. The summed E-state index contributed by atoms with van der Waals surface area (Å²) in [4.78, 5) is 11.2. The van der Waals surface area contributed by atoms with Crippen LogP contribution in [0.15, 0.2) is 24.0 Å². The molecular weight excluding hydrogens is 184 g/mol. The van der Waals surface area contributed by atoms with E-state index in [1.165, 1.54) is 6.08 Å². The highest BCUT2D eigenvalue weighted by molar-refractivity contribution is 5.88. The van der Waals surface area contributed by atoms with Gasteiger partial charge in [0.25, 0.3) is 0 Å². The summed E-state index contributed by atoms with van der Waals surface area (Å²) in [5.41, 5.74) is 0.403. The average molecular weight is 200 g/mol. The maximum Gasteiger partial charge on any atom is 0.337 e. The first-order chi connectivity index (χ1) is 6.63. The molecule has 0 radical (unpaired) electrons. The number of ether oxygens (including phenoxy) is 2. The van der Waals surface area contributed by atoms with E-state index in [9.17, 15) is 4.79 Å². The zero-order valence-electron chi connectivity index (χ0n) is 8.58. The Kier molecular flexibility index (Phi) is 6.49. The number of rotatable bonds is 6. The predicted molar refractivity (Wildman–Crippen MR) is 52.6 cm³/mol. The number of carbonyl (C=O) groups is 1. The van der Waals surface area contributed by atoms with E-state index >= 15 is 0 Å². The van der Waals surface area contributed by atoms with Gasteiger partial charge in [-0.05, 0) is 13.8 Å². The summed E-state index contributed by atoms with van der Waals surface area (Å²) in [6.45, 7) is 6.98. The Hall–Kier alpha value is -1.29. The van der Waals surface area contributed by atoms with Gasteiger partial charge in [-0.3, -0.25) is 0 Å². The molecule has 14 heavy (non-hydrogen) atoms. The number of hydrogen-bond donors (Lipinski definition) is 1. The SMILES string of the molecule is C=CCOC(=O)C(C)=C(C)OCCO. The Morgan fingerprint density at radius 3 is 2.57 bits per heavy atom. The van der Waals surface area contributed by atoms with Crippen molar-refractivity contribution in [2.75, 3.05) is 19.8 Å². The first kappa shape index (κ1) is 12.7. The lowest BCUT2D eigenvalue weighted by molar-refractivity contribution is -0.138. The Morgan fingerprint density at radius 1 is 1.43 bits per heavy atom. The van der Waals surface area contributed by atoms with E-state index in [1.54, 1.807) is 13.8 Å². The van der Waals surface area contributed by atoms with E-state index in [4.69, 9.17) is 14.6 Å². The molecule has 0 amide bonds. The number of allylic oxidation sites excluding steroid dienone is 1. The lowest BCUT2D eigenvalue weighted by Gasteiger charge is -2.08. The summed E-state index contributed by atoms with van der Waals surface area (Å²) in [6, 6.07) is 0. The molecule has 0 aliphatic rings. The molecule has 80 valence electrons. The van der Waals surface area contributed by atoms with E-state index in [2.05, 4.69) is 6.58 Å². The average Bonchev–Trinajstić information content (AvgIpc) is 2.21. The summed E-state index contributed by atoms with van der Waals surface area (Å²) in [5, 5.41) is 8.50. The topological polar surface area (TPSA) is 55.8 Å². The molecule has 0 fully saturated rings.